The summed E-state index contributed by atoms with van der Waals surface area (Å²) in [5.74, 6) is 0.616. The zero-order chi connectivity index (χ0) is 16.8. The summed E-state index contributed by atoms with van der Waals surface area (Å²) in [6.07, 6.45) is 3.42. The van der Waals surface area contributed by atoms with Crippen LogP contribution >= 0.6 is 11.6 Å². The van der Waals surface area contributed by atoms with Crippen molar-refractivity contribution in [3.63, 3.8) is 0 Å². The van der Waals surface area contributed by atoms with Gasteiger partial charge in [-0.15, -0.1) is 0 Å². The lowest BCUT2D eigenvalue weighted by atomic mass is 9.97. The summed E-state index contributed by atoms with van der Waals surface area (Å²) in [7, 11) is 3.48. The summed E-state index contributed by atoms with van der Waals surface area (Å²) in [5, 5.41) is 7.07. The van der Waals surface area contributed by atoms with Gasteiger partial charge < -0.3 is 10.1 Å². The number of hydrogen-bond acceptors (Lipinski definition) is 5. The number of methoxy groups -OCH3 is 1. The minimum absolute atomic E-state index is 0.0816. The monoisotopic (exact) mass is 342 g/mol. The van der Waals surface area contributed by atoms with Crippen molar-refractivity contribution in [2.45, 2.75) is 6.04 Å². The molecule has 1 atom stereocenters. The number of carbonyl (C=O) groups is 1. The van der Waals surface area contributed by atoms with Gasteiger partial charge in [-0.3, -0.25) is 4.79 Å². The van der Waals surface area contributed by atoms with E-state index < -0.39 is 0 Å². The van der Waals surface area contributed by atoms with Crippen LogP contribution < -0.4 is 15.1 Å². The van der Waals surface area contributed by atoms with Crippen LogP contribution in [0.5, 0.6) is 5.75 Å². The van der Waals surface area contributed by atoms with Gasteiger partial charge >= 0.3 is 0 Å². The number of nitrogens with zero attached hydrogens (tertiary/aromatic N) is 3. The van der Waals surface area contributed by atoms with Crippen LogP contribution in [0.15, 0.2) is 48.3 Å². The quantitative estimate of drug-likeness (QED) is 0.850. The van der Waals surface area contributed by atoms with Gasteiger partial charge in [0.25, 0.3) is 5.91 Å². The Morgan fingerprint density at radius 1 is 1.33 bits per heavy atom. The number of aromatic nitrogens is 1. The maximum atomic E-state index is 12.9. The van der Waals surface area contributed by atoms with Gasteiger partial charge in [-0.05, 0) is 18.2 Å². The molecule has 1 fully saturated rings. The van der Waals surface area contributed by atoms with Crippen molar-refractivity contribution in [1.82, 2.24) is 9.99 Å². The van der Waals surface area contributed by atoms with E-state index in [1.807, 2.05) is 36.3 Å². The number of likely N-dealkylation sites (N-methyl/N-ethyl adjacent to an activating group) is 1. The molecule has 0 radical (unpaired) electrons. The van der Waals surface area contributed by atoms with Crippen LogP contribution in [0.4, 0.5) is 11.4 Å². The van der Waals surface area contributed by atoms with Crippen molar-refractivity contribution < 1.29 is 9.53 Å². The summed E-state index contributed by atoms with van der Waals surface area (Å²) >= 11 is 6.05. The molecule has 0 saturated carbocycles. The molecule has 1 saturated heterocycles. The molecule has 1 unspecified atom stereocenters. The van der Waals surface area contributed by atoms with Crippen molar-refractivity contribution in [2.75, 3.05) is 24.5 Å². The number of rotatable bonds is 2. The SMILES string of the molecule is COc1cccc(N2C(=O)C3=CNc4cnc(Cl)cc4C3N2C)c1. The average Bonchev–Trinajstić information content (AvgIpc) is 2.86. The van der Waals surface area contributed by atoms with E-state index in [9.17, 15) is 4.79 Å². The zero-order valence-corrected chi connectivity index (χ0v) is 13.9. The van der Waals surface area contributed by atoms with E-state index >= 15 is 0 Å². The number of fused-ring (bicyclic) bond motifs is 3. The molecular formula is C17H15ClN4O2. The first-order valence-corrected chi connectivity index (χ1v) is 7.81. The highest BCUT2D eigenvalue weighted by Gasteiger charge is 2.44. The summed E-state index contributed by atoms with van der Waals surface area (Å²) < 4.78 is 5.27. The number of carbonyl (C=O) groups excluding carboxylic acids is 1. The number of halogens is 1. The molecule has 1 N–H and O–H groups in total. The Morgan fingerprint density at radius 3 is 2.96 bits per heavy atom. The number of ether oxygens (including phenoxy) is 1. The van der Waals surface area contributed by atoms with Crippen molar-refractivity contribution in [3.8, 4) is 5.75 Å². The van der Waals surface area contributed by atoms with E-state index in [1.165, 1.54) is 0 Å². The fraction of sp³-hybridized carbons (Fsp3) is 0.176. The molecule has 2 aliphatic heterocycles. The molecule has 0 spiro atoms. The van der Waals surface area contributed by atoms with Crippen molar-refractivity contribution in [2.24, 2.45) is 0 Å². The Bertz CT molecular complexity index is 867. The van der Waals surface area contributed by atoms with Gasteiger partial charge in [0.1, 0.15) is 10.9 Å². The number of benzene rings is 1. The second-order valence-electron chi connectivity index (χ2n) is 5.63. The number of hydrogen-bond donors (Lipinski definition) is 1. The normalized spacial score (nSPS) is 19.5. The fourth-order valence-electron chi connectivity index (χ4n) is 3.20. The molecule has 0 bridgehead atoms. The lowest BCUT2D eigenvalue weighted by Crippen LogP contribution is -2.37. The first kappa shape index (κ1) is 15.0. The average molecular weight is 343 g/mol. The van der Waals surface area contributed by atoms with Gasteiger partial charge in [0.05, 0.1) is 36.3 Å². The number of nitrogens with one attached hydrogen (secondary N) is 1. The fourth-order valence-corrected chi connectivity index (χ4v) is 3.36. The molecular weight excluding hydrogens is 328 g/mol. The van der Waals surface area contributed by atoms with Crippen LogP contribution in [0, 0.1) is 0 Å². The molecule has 4 rings (SSSR count). The van der Waals surface area contributed by atoms with E-state index in [0.29, 0.717) is 16.5 Å². The first-order chi connectivity index (χ1) is 11.6. The van der Waals surface area contributed by atoms with Gasteiger partial charge in [0.2, 0.25) is 0 Å². The minimum atomic E-state index is -0.208. The second-order valence-corrected chi connectivity index (χ2v) is 6.02. The molecule has 122 valence electrons. The number of pyridine rings is 1. The first-order valence-electron chi connectivity index (χ1n) is 7.43. The Labute approximate surface area is 144 Å². The molecule has 2 aliphatic rings. The number of amides is 1. The topological polar surface area (TPSA) is 57.7 Å². The molecule has 6 nitrogen and oxygen atoms in total. The molecule has 1 aromatic heterocycles. The standard InChI is InChI=1S/C17H15ClN4O2/c1-21-16-12-7-15(18)20-9-14(12)19-8-13(16)17(23)22(21)10-4-3-5-11(6-10)24-2/h3-9,16,19H,1-2H3. The zero-order valence-electron chi connectivity index (χ0n) is 13.2. The van der Waals surface area contributed by atoms with Crippen molar-refractivity contribution in [3.05, 3.63) is 59.0 Å². The van der Waals surface area contributed by atoms with Crippen molar-refractivity contribution >= 4 is 28.9 Å². The van der Waals surface area contributed by atoms with Gasteiger partial charge in [0, 0.05) is 24.9 Å². The number of hydrazine groups is 1. The van der Waals surface area contributed by atoms with Gasteiger partial charge in [-0.2, -0.15) is 0 Å². The lowest BCUT2D eigenvalue weighted by Gasteiger charge is -2.30. The van der Waals surface area contributed by atoms with Gasteiger partial charge in [-0.1, -0.05) is 17.7 Å². The molecule has 3 heterocycles. The molecule has 0 aliphatic carbocycles. The Morgan fingerprint density at radius 2 is 2.17 bits per heavy atom. The summed E-state index contributed by atoms with van der Waals surface area (Å²) in [6.45, 7) is 0. The van der Waals surface area contributed by atoms with Crippen LogP contribution in [0.25, 0.3) is 0 Å². The predicted octanol–water partition coefficient (Wildman–Crippen LogP) is 2.99. The second kappa shape index (κ2) is 5.51. The smallest absolute Gasteiger partial charge is 0.272 e. The summed E-state index contributed by atoms with van der Waals surface area (Å²) in [5.41, 5.74) is 3.18. The third-order valence-electron chi connectivity index (χ3n) is 4.30. The van der Waals surface area contributed by atoms with Crippen LogP contribution in [-0.2, 0) is 4.79 Å². The summed E-state index contributed by atoms with van der Waals surface area (Å²) in [4.78, 5) is 17.0. The van der Waals surface area contributed by atoms with E-state index in [1.54, 1.807) is 30.6 Å². The minimum Gasteiger partial charge on any atom is -0.497 e. The molecule has 1 amide bonds. The third kappa shape index (κ3) is 2.15. The summed E-state index contributed by atoms with van der Waals surface area (Å²) in [6, 6.07) is 9.00. The number of anilines is 2. The van der Waals surface area contributed by atoms with Crippen LogP contribution in [-0.4, -0.2) is 30.1 Å². The Balaban J connectivity index is 1.80. The largest absolute Gasteiger partial charge is 0.497 e. The maximum absolute atomic E-state index is 12.9. The third-order valence-corrected chi connectivity index (χ3v) is 4.51. The van der Waals surface area contributed by atoms with Crippen LogP contribution in [0.2, 0.25) is 5.15 Å². The molecule has 24 heavy (non-hydrogen) atoms. The Hall–Kier alpha value is -2.57. The van der Waals surface area contributed by atoms with Gasteiger partial charge in [0.15, 0.2) is 0 Å². The highest BCUT2D eigenvalue weighted by molar-refractivity contribution is 6.29. The predicted molar refractivity (Wildman–Crippen MR) is 91.9 cm³/mol. The molecule has 7 heteroatoms. The highest BCUT2D eigenvalue weighted by atomic mass is 35.5. The van der Waals surface area contributed by atoms with Crippen molar-refractivity contribution in [1.29, 1.82) is 0 Å². The van der Waals surface area contributed by atoms with E-state index in [2.05, 4.69) is 10.3 Å². The highest BCUT2D eigenvalue weighted by Crippen LogP contribution is 2.44. The maximum Gasteiger partial charge on any atom is 0.272 e. The molecule has 2 aromatic rings. The van der Waals surface area contributed by atoms with E-state index in [4.69, 9.17) is 16.3 Å². The van der Waals surface area contributed by atoms with Crippen LogP contribution in [0.1, 0.15) is 11.6 Å². The lowest BCUT2D eigenvalue weighted by molar-refractivity contribution is -0.115. The van der Waals surface area contributed by atoms with Gasteiger partial charge in [-0.25, -0.2) is 15.0 Å². The van der Waals surface area contributed by atoms with E-state index in [-0.39, 0.29) is 11.9 Å². The Kier molecular flexibility index (Phi) is 3.44. The van der Waals surface area contributed by atoms with E-state index in [0.717, 1.165) is 16.9 Å². The van der Waals surface area contributed by atoms with Crippen LogP contribution in [0.3, 0.4) is 0 Å². The molecule has 1 aromatic carbocycles.